The molecule has 1 atom stereocenters. The molecule has 0 aliphatic rings. The number of benzene rings is 2. The third-order valence-corrected chi connectivity index (χ3v) is 3.55. The van der Waals surface area contributed by atoms with Crippen molar-refractivity contribution in [1.82, 2.24) is 0 Å². The average molecular weight is 253 g/mol. The normalized spacial score (nSPS) is 12.2. The summed E-state index contributed by atoms with van der Waals surface area (Å²) in [7, 11) is 0. The van der Waals surface area contributed by atoms with Crippen molar-refractivity contribution < 1.29 is 0 Å². The van der Waals surface area contributed by atoms with E-state index >= 15 is 0 Å². The van der Waals surface area contributed by atoms with Crippen LogP contribution in [0, 0.1) is 25.7 Å². The molecule has 0 aliphatic heterocycles. The number of nitroso groups, excluding NO2 is 1. The van der Waals surface area contributed by atoms with E-state index in [0.717, 1.165) is 5.56 Å². The fraction of sp³-hybridized carbons (Fsp3) is 0.294. The van der Waals surface area contributed by atoms with Gasteiger partial charge < -0.3 is 0 Å². The maximum atomic E-state index is 11.1. The van der Waals surface area contributed by atoms with Crippen molar-refractivity contribution >= 4 is 0 Å². The van der Waals surface area contributed by atoms with Crippen LogP contribution in [0.3, 0.4) is 0 Å². The van der Waals surface area contributed by atoms with Crippen LogP contribution in [-0.2, 0) is 6.42 Å². The van der Waals surface area contributed by atoms with Crippen LogP contribution in [-0.4, -0.2) is 0 Å². The first kappa shape index (κ1) is 13.5. The van der Waals surface area contributed by atoms with Gasteiger partial charge >= 0.3 is 0 Å². The van der Waals surface area contributed by atoms with Crippen molar-refractivity contribution in [2.45, 2.75) is 33.2 Å². The van der Waals surface area contributed by atoms with E-state index in [0.29, 0.717) is 6.42 Å². The van der Waals surface area contributed by atoms with Crippen molar-refractivity contribution in [3.8, 4) is 0 Å². The van der Waals surface area contributed by atoms with Crippen LogP contribution in [0.2, 0.25) is 0 Å². The van der Waals surface area contributed by atoms with E-state index in [9.17, 15) is 4.91 Å². The van der Waals surface area contributed by atoms with Crippen molar-refractivity contribution in [2.24, 2.45) is 5.18 Å². The molecular formula is C17H19NO. The van der Waals surface area contributed by atoms with Gasteiger partial charge in [0.1, 0.15) is 6.04 Å². The summed E-state index contributed by atoms with van der Waals surface area (Å²) in [6, 6.07) is 13.8. The maximum Gasteiger partial charge on any atom is 0.121 e. The SMILES string of the molecule is Cc1cc(C)c(CC(N=O)c2ccccc2)c(C)c1. The molecule has 19 heavy (non-hydrogen) atoms. The minimum absolute atomic E-state index is 0.304. The quantitative estimate of drug-likeness (QED) is 0.728. The molecule has 0 bridgehead atoms. The summed E-state index contributed by atoms with van der Waals surface area (Å²) in [5.74, 6) is 0. The van der Waals surface area contributed by atoms with E-state index < -0.39 is 0 Å². The molecule has 98 valence electrons. The monoisotopic (exact) mass is 253 g/mol. The van der Waals surface area contributed by atoms with E-state index in [2.05, 4.69) is 38.1 Å². The summed E-state index contributed by atoms with van der Waals surface area (Å²) in [6.45, 7) is 6.29. The summed E-state index contributed by atoms with van der Waals surface area (Å²) in [5, 5.41) is 3.31. The molecule has 0 fully saturated rings. The highest BCUT2D eigenvalue weighted by Gasteiger charge is 2.15. The molecule has 0 spiro atoms. The zero-order valence-electron chi connectivity index (χ0n) is 11.7. The Kier molecular flexibility index (Phi) is 4.10. The zero-order valence-corrected chi connectivity index (χ0v) is 11.7. The van der Waals surface area contributed by atoms with Gasteiger partial charge in [0.2, 0.25) is 0 Å². The van der Waals surface area contributed by atoms with Crippen molar-refractivity contribution in [3.63, 3.8) is 0 Å². The lowest BCUT2D eigenvalue weighted by Crippen LogP contribution is -2.03. The summed E-state index contributed by atoms with van der Waals surface area (Å²) in [4.78, 5) is 11.1. The highest BCUT2D eigenvalue weighted by Crippen LogP contribution is 2.26. The van der Waals surface area contributed by atoms with Gasteiger partial charge in [-0.15, -0.1) is 0 Å². The Hall–Kier alpha value is -1.96. The molecule has 0 aliphatic carbocycles. The van der Waals surface area contributed by atoms with Crippen molar-refractivity contribution in [1.29, 1.82) is 0 Å². The van der Waals surface area contributed by atoms with E-state index in [1.807, 2.05) is 30.3 Å². The first-order chi connectivity index (χ1) is 9.11. The van der Waals surface area contributed by atoms with E-state index in [1.165, 1.54) is 22.3 Å². The Balaban J connectivity index is 2.32. The maximum absolute atomic E-state index is 11.1. The van der Waals surface area contributed by atoms with Gasteiger partial charge in [0.15, 0.2) is 0 Å². The van der Waals surface area contributed by atoms with E-state index in [1.54, 1.807) is 0 Å². The zero-order chi connectivity index (χ0) is 13.8. The second kappa shape index (κ2) is 5.79. The Morgan fingerprint density at radius 1 is 1.00 bits per heavy atom. The lowest BCUT2D eigenvalue weighted by atomic mass is 9.92. The third kappa shape index (κ3) is 3.08. The standard InChI is InChI=1S/C17H19NO/c1-12-9-13(2)16(14(3)10-12)11-17(18-19)15-7-5-4-6-8-15/h4-10,17H,11H2,1-3H3. The average Bonchev–Trinajstić information content (AvgIpc) is 2.39. The number of nitrogens with zero attached hydrogens (tertiary/aromatic N) is 1. The molecule has 0 saturated carbocycles. The highest BCUT2D eigenvalue weighted by atomic mass is 16.3. The van der Waals surface area contributed by atoms with Gasteiger partial charge in [-0.1, -0.05) is 53.2 Å². The second-order valence-electron chi connectivity index (χ2n) is 5.11. The molecule has 2 aromatic carbocycles. The molecule has 0 N–H and O–H groups in total. The Labute approximate surface area is 114 Å². The Morgan fingerprint density at radius 2 is 1.58 bits per heavy atom. The van der Waals surface area contributed by atoms with Crippen LogP contribution < -0.4 is 0 Å². The first-order valence-corrected chi connectivity index (χ1v) is 6.56. The van der Waals surface area contributed by atoms with Gasteiger partial charge in [-0.2, -0.15) is 4.91 Å². The number of hydrogen-bond acceptors (Lipinski definition) is 2. The minimum atomic E-state index is -0.304. The highest BCUT2D eigenvalue weighted by molar-refractivity contribution is 5.39. The topological polar surface area (TPSA) is 29.4 Å². The Bertz CT molecular complexity index is 552. The minimum Gasteiger partial charge on any atom is -0.150 e. The van der Waals surface area contributed by atoms with Gasteiger partial charge in [-0.3, -0.25) is 0 Å². The molecule has 2 aromatic rings. The van der Waals surface area contributed by atoms with Gasteiger partial charge in [0, 0.05) is 6.42 Å². The lowest BCUT2D eigenvalue weighted by Gasteiger charge is -2.15. The summed E-state index contributed by atoms with van der Waals surface area (Å²) in [6.07, 6.45) is 0.672. The fourth-order valence-corrected chi connectivity index (χ4v) is 2.62. The molecular weight excluding hydrogens is 234 g/mol. The Morgan fingerprint density at radius 3 is 2.11 bits per heavy atom. The summed E-state index contributed by atoms with van der Waals surface area (Å²) in [5.41, 5.74) is 5.95. The number of aryl methyl sites for hydroxylation is 3. The van der Waals surface area contributed by atoms with Gasteiger partial charge in [-0.05, 0) is 43.0 Å². The largest absolute Gasteiger partial charge is 0.150 e. The van der Waals surface area contributed by atoms with Crippen molar-refractivity contribution in [3.05, 3.63) is 75.2 Å². The smallest absolute Gasteiger partial charge is 0.121 e. The van der Waals surface area contributed by atoms with Crippen molar-refractivity contribution in [2.75, 3.05) is 0 Å². The third-order valence-electron chi connectivity index (χ3n) is 3.55. The first-order valence-electron chi connectivity index (χ1n) is 6.56. The molecule has 0 amide bonds. The van der Waals surface area contributed by atoms with Crippen LogP contribution in [0.15, 0.2) is 47.6 Å². The predicted molar refractivity (Wildman–Crippen MR) is 79.3 cm³/mol. The lowest BCUT2D eigenvalue weighted by molar-refractivity contribution is 0.711. The summed E-state index contributed by atoms with van der Waals surface area (Å²) < 4.78 is 0. The molecule has 2 nitrogen and oxygen atoms in total. The molecule has 1 unspecified atom stereocenters. The van der Waals surface area contributed by atoms with Crippen LogP contribution >= 0.6 is 0 Å². The van der Waals surface area contributed by atoms with Crippen LogP contribution in [0.1, 0.15) is 33.9 Å². The van der Waals surface area contributed by atoms with Gasteiger partial charge in [-0.25, -0.2) is 0 Å². The molecule has 0 aromatic heterocycles. The molecule has 0 heterocycles. The van der Waals surface area contributed by atoms with Gasteiger partial charge in [0.05, 0.1) is 0 Å². The number of rotatable bonds is 4. The van der Waals surface area contributed by atoms with E-state index in [4.69, 9.17) is 0 Å². The molecule has 0 radical (unpaired) electrons. The van der Waals surface area contributed by atoms with E-state index in [-0.39, 0.29) is 6.04 Å². The predicted octanol–water partition coefficient (Wildman–Crippen LogP) is 4.66. The number of hydrogen-bond donors (Lipinski definition) is 0. The fourth-order valence-electron chi connectivity index (χ4n) is 2.62. The van der Waals surface area contributed by atoms with Crippen LogP contribution in [0.25, 0.3) is 0 Å². The molecule has 2 rings (SSSR count). The van der Waals surface area contributed by atoms with Crippen LogP contribution in [0.5, 0.6) is 0 Å². The second-order valence-corrected chi connectivity index (χ2v) is 5.11. The summed E-state index contributed by atoms with van der Waals surface area (Å²) >= 11 is 0. The van der Waals surface area contributed by atoms with Gasteiger partial charge in [0.25, 0.3) is 0 Å². The molecule has 0 saturated heterocycles. The molecule has 2 heteroatoms. The van der Waals surface area contributed by atoms with Crippen LogP contribution in [0.4, 0.5) is 0 Å².